The molecule has 1 N–H and O–H groups in total. The van der Waals surface area contributed by atoms with Crippen molar-refractivity contribution in [2.24, 2.45) is 0 Å². The van der Waals surface area contributed by atoms with Crippen molar-refractivity contribution in [2.45, 2.75) is 37.5 Å². The number of hydrogen-bond donors (Lipinski definition) is 1. The van der Waals surface area contributed by atoms with Crippen molar-refractivity contribution in [3.8, 4) is 0 Å². The summed E-state index contributed by atoms with van der Waals surface area (Å²) in [6, 6.07) is 0. The van der Waals surface area contributed by atoms with E-state index in [1.807, 2.05) is 6.92 Å². The summed E-state index contributed by atoms with van der Waals surface area (Å²) in [4.78, 5) is 20.1. The van der Waals surface area contributed by atoms with Crippen molar-refractivity contribution in [1.29, 1.82) is 0 Å². The monoisotopic (exact) mass is 382 g/mol. The first-order valence-corrected chi connectivity index (χ1v) is 6.69. The molecule has 0 amide bonds. The van der Waals surface area contributed by atoms with Gasteiger partial charge in [0.05, 0.1) is 6.61 Å². The Labute approximate surface area is 138 Å². The van der Waals surface area contributed by atoms with Crippen molar-refractivity contribution < 1.29 is 50.2 Å². The zero-order chi connectivity index (χ0) is 20.3. The molecule has 0 radical (unpaired) electrons. The number of esters is 1. The molecule has 25 heavy (non-hydrogen) atoms. The Morgan fingerprint density at radius 2 is 1.68 bits per heavy atom. The molecule has 146 valence electrons. The highest BCUT2D eigenvalue weighted by atomic mass is 19.3. The molecule has 0 bridgehead atoms. The summed E-state index contributed by atoms with van der Waals surface area (Å²) < 4.78 is 90.4. The Kier molecular flexibility index (Phi) is 10.8. The molecule has 0 heterocycles. The van der Waals surface area contributed by atoms with Crippen LogP contribution in [-0.2, 0) is 14.3 Å². The van der Waals surface area contributed by atoms with E-state index in [2.05, 4.69) is 11.3 Å². The largest absolute Gasteiger partial charge is 0.478 e. The average Bonchev–Trinajstić information content (AvgIpc) is 2.53. The van der Waals surface area contributed by atoms with Gasteiger partial charge in [-0.2, -0.15) is 26.3 Å². The van der Waals surface area contributed by atoms with Crippen LogP contribution in [0.5, 0.6) is 0 Å². The fourth-order valence-electron chi connectivity index (χ4n) is 0.984. The lowest BCUT2D eigenvalue weighted by molar-refractivity contribution is -0.295. The summed E-state index contributed by atoms with van der Waals surface area (Å²) in [5.41, 5.74) is 0. The number of allylic oxidation sites excluding steroid dienone is 1. The number of carboxylic acid groups (broad SMARTS) is 1. The average molecular weight is 382 g/mol. The van der Waals surface area contributed by atoms with Crippen molar-refractivity contribution >= 4 is 11.9 Å². The molecule has 0 aromatic carbocycles. The lowest BCUT2D eigenvalue weighted by Gasteiger charge is -2.29. The van der Waals surface area contributed by atoms with Gasteiger partial charge in [0.15, 0.2) is 6.67 Å². The van der Waals surface area contributed by atoms with E-state index in [0.717, 1.165) is 12.8 Å². The SMILES string of the molecule is C=CC(=O)OCCCC.O=C(O)C=CC(F)(F)C(F)(F)C(F)(F)CF. The summed E-state index contributed by atoms with van der Waals surface area (Å²) >= 11 is 0. The second-order valence-electron chi connectivity index (χ2n) is 4.43. The quantitative estimate of drug-likeness (QED) is 0.283. The predicted molar refractivity (Wildman–Crippen MR) is 73.7 cm³/mol. The predicted octanol–water partition coefficient (Wildman–Crippen LogP) is 4.02. The molecule has 0 aliphatic heterocycles. The van der Waals surface area contributed by atoms with Crippen LogP contribution in [-0.4, -0.2) is 48.1 Å². The third-order valence-corrected chi connectivity index (χ3v) is 2.39. The van der Waals surface area contributed by atoms with Gasteiger partial charge < -0.3 is 9.84 Å². The minimum Gasteiger partial charge on any atom is -0.478 e. The number of aliphatic carboxylic acids is 1. The highest BCUT2D eigenvalue weighted by Gasteiger charge is 2.70. The van der Waals surface area contributed by atoms with E-state index < -0.39 is 42.6 Å². The molecule has 0 aromatic heterocycles. The van der Waals surface area contributed by atoms with Crippen LogP contribution in [0.1, 0.15) is 19.8 Å². The number of halogens is 7. The fraction of sp³-hybridized carbons (Fsp3) is 0.571. The molecule has 0 unspecified atom stereocenters. The number of unbranched alkanes of at least 4 members (excludes halogenated alkanes) is 1. The summed E-state index contributed by atoms with van der Waals surface area (Å²) in [7, 11) is 0. The van der Waals surface area contributed by atoms with E-state index in [0.29, 0.717) is 6.61 Å². The molecule has 0 saturated carbocycles. The minimum absolute atomic E-state index is 0.330. The number of alkyl halides is 7. The number of carbonyl (C=O) groups excluding carboxylic acids is 1. The van der Waals surface area contributed by atoms with Gasteiger partial charge in [-0.3, -0.25) is 0 Å². The zero-order valence-electron chi connectivity index (χ0n) is 13.1. The van der Waals surface area contributed by atoms with E-state index in [9.17, 15) is 40.3 Å². The minimum atomic E-state index is -6.01. The van der Waals surface area contributed by atoms with Crippen molar-refractivity contribution in [1.82, 2.24) is 0 Å². The second-order valence-corrected chi connectivity index (χ2v) is 4.43. The molecule has 11 heteroatoms. The van der Waals surface area contributed by atoms with Gasteiger partial charge in [0.2, 0.25) is 0 Å². The lowest BCUT2D eigenvalue weighted by Crippen LogP contribution is -2.54. The number of rotatable bonds is 9. The van der Waals surface area contributed by atoms with Crippen LogP contribution >= 0.6 is 0 Å². The second kappa shape index (κ2) is 10.7. The zero-order valence-corrected chi connectivity index (χ0v) is 13.1. The highest BCUT2D eigenvalue weighted by molar-refractivity contribution is 5.81. The van der Waals surface area contributed by atoms with Gasteiger partial charge in [-0.1, -0.05) is 19.9 Å². The van der Waals surface area contributed by atoms with E-state index in [-0.39, 0.29) is 5.97 Å². The third kappa shape index (κ3) is 8.54. The topological polar surface area (TPSA) is 63.6 Å². The first-order chi connectivity index (χ1) is 11.3. The summed E-state index contributed by atoms with van der Waals surface area (Å²) in [6.45, 7) is 2.83. The van der Waals surface area contributed by atoms with Crippen LogP contribution < -0.4 is 0 Å². The molecule has 0 aliphatic carbocycles. The third-order valence-electron chi connectivity index (χ3n) is 2.39. The molecule has 0 aliphatic rings. The first-order valence-electron chi connectivity index (χ1n) is 6.69. The van der Waals surface area contributed by atoms with E-state index in [4.69, 9.17) is 5.11 Å². The Morgan fingerprint density at radius 3 is 2.04 bits per heavy atom. The molecule has 0 saturated heterocycles. The Morgan fingerprint density at radius 1 is 1.16 bits per heavy atom. The standard InChI is InChI=1S/C7H5F7O2.C7H12O2/c8-3-6(11,12)7(13,14)5(9,10)2-1-4(15)16;1-3-5-6-9-7(8)4-2/h1-2H,3H2,(H,15,16);4H,2-3,5-6H2,1H3. The first kappa shape index (κ1) is 25.2. The maximum Gasteiger partial charge on any atom is 0.378 e. The Hall–Kier alpha value is -2.07. The van der Waals surface area contributed by atoms with Crippen molar-refractivity contribution in [3.05, 3.63) is 24.8 Å². The smallest absolute Gasteiger partial charge is 0.378 e. The van der Waals surface area contributed by atoms with E-state index >= 15 is 0 Å². The van der Waals surface area contributed by atoms with E-state index in [1.54, 1.807) is 0 Å². The molecule has 0 aromatic rings. The molecule has 0 atom stereocenters. The molecule has 4 nitrogen and oxygen atoms in total. The van der Waals surface area contributed by atoms with Crippen LogP contribution in [0.4, 0.5) is 30.7 Å². The number of carbonyl (C=O) groups is 2. The summed E-state index contributed by atoms with van der Waals surface area (Å²) in [5, 5.41) is 7.88. The van der Waals surface area contributed by atoms with Crippen LogP contribution in [0.25, 0.3) is 0 Å². The van der Waals surface area contributed by atoms with Gasteiger partial charge in [-0.15, -0.1) is 0 Å². The molecule has 0 rings (SSSR count). The van der Waals surface area contributed by atoms with Gasteiger partial charge in [-0.05, 0) is 12.5 Å². The number of ether oxygens (including phenoxy) is 1. The van der Waals surface area contributed by atoms with Gasteiger partial charge in [-0.25, -0.2) is 14.0 Å². The molecular weight excluding hydrogens is 365 g/mol. The van der Waals surface area contributed by atoms with Crippen LogP contribution in [0.3, 0.4) is 0 Å². The summed E-state index contributed by atoms with van der Waals surface area (Å²) in [5.74, 6) is -19.4. The number of carboxylic acids is 1. The lowest BCUT2D eigenvalue weighted by atomic mass is 10.1. The van der Waals surface area contributed by atoms with Gasteiger partial charge >= 0.3 is 29.7 Å². The molecular formula is C14H17F7O4. The fourth-order valence-corrected chi connectivity index (χ4v) is 0.984. The van der Waals surface area contributed by atoms with Gasteiger partial charge in [0.1, 0.15) is 0 Å². The van der Waals surface area contributed by atoms with Crippen molar-refractivity contribution in [2.75, 3.05) is 13.3 Å². The molecule has 0 spiro atoms. The Bertz CT molecular complexity index is 476. The van der Waals surface area contributed by atoms with Crippen molar-refractivity contribution in [3.63, 3.8) is 0 Å². The van der Waals surface area contributed by atoms with Gasteiger partial charge in [0, 0.05) is 12.2 Å². The number of hydrogen-bond acceptors (Lipinski definition) is 3. The highest BCUT2D eigenvalue weighted by Crippen LogP contribution is 2.46. The van der Waals surface area contributed by atoms with E-state index in [1.165, 1.54) is 6.08 Å². The van der Waals surface area contributed by atoms with Crippen LogP contribution in [0.15, 0.2) is 24.8 Å². The summed E-state index contributed by atoms with van der Waals surface area (Å²) in [6.07, 6.45) is 1.81. The maximum absolute atomic E-state index is 12.5. The maximum atomic E-state index is 12.5. The Balaban J connectivity index is 0. The van der Waals surface area contributed by atoms with Gasteiger partial charge in [0.25, 0.3) is 0 Å². The van der Waals surface area contributed by atoms with Crippen LogP contribution in [0.2, 0.25) is 0 Å². The van der Waals surface area contributed by atoms with Crippen LogP contribution in [0, 0.1) is 0 Å². The normalized spacial score (nSPS) is 12.3. The molecule has 0 fully saturated rings.